The number of hydrogen-bond donors (Lipinski definition) is 1. The Balaban J connectivity index is 1.46. The van der Waals surface area contributed by atoms with E-state index in [4.69, 9.17) is 0 Å². The molecule has 1 N–H and O–H groups in total. The number of rotatable bonds is 5. The number of carbonyl (C=O) groups excluding carboxylic acids is 1. The predicted octanol–water partition coefficient (Wildman–Crippen LogP) is 3.21. The number of nitrogens with one attached hydrogen (secondary N) is 1. The number of amides is 1. The fourth-order valence-electron chi connectivity index (χ4n) is 3.40. The summed E-state index contributed by atoms with van der Waals surface area (Å²) in [5.74, 6) is -0.137. The van der Waals surface area contributed by atoms with Gasteiger partial charge in [-0.15, -0.1) is 5.10 Å². The molecule has 6 nitrogen and oxygen atoms in total. The van der Waals surface area contributed by atoms with Crippen LogP contribution in [-0.4, -0.2) is 20.9 Å². The van der Waals surface area contributed by atoms with Gasteiger partial charge in [-0.1, -0.05) is 59.8 Å². The van der Waals surface area contributed by atoms with Crippen LogP contribution in [0.25, 0.3) is 21.7 Å². The quantitative estimate of drug-likeness (QED) is 0.584. The molecule has 4 aromatic rings. The summed E-state index contributed by atoms with van der Waals surface area (Å²) in [6.07, 6.45) is 0.155. The van der Waals surface area contributed by atoms with Gasteiger partial charge in [0.25, 0.3) is 5.56 Å². The molecule has 1 heterocycles. The number of benzene rings is 3. The standard InChI is InChI=1S/C22H20N4O2/c1-15(17-11-6-8-16-7-2-3-9-18(16)17)23-21(27)13-14-26-22(28)19-10-4-5-12-20(19)24-25-26/h2-12,15H,13-14H2,1H3,(H,23,27). The van der Waals surface area contributed by atoms with Gasteiger partial charge in [-0.25, -0.2) is 4.68 Å². The number of aryl methyl sites for hydroxylation is 1. The zero-order chi connectivity index (χ0) is 19.5. The smallest absolute Gasteiger partial charge is 0.277 e. The van der Waals surface area contributed by atoms with Gasteiger partial charge in [0, 0.05) is 6.42 Å². The summed E-state index contributed by atoms with van der Waals surface area (Å²) in [6, 6.07) is 21.1. The van der Waals surface area contributed by atoms with Gasteiger partial charge in [0.15, 0.2) is 0 Å². The van der Waals surface area contributed by atoms with E-state index in [0.717, 1.165) is 16.3 Å². The van der Waals surface area contributed by atoms with Gasteiger partial charge in [0.2, 0.25) is 5.91 Å². The molecule has 0 aliphatic rings. The number of nitrogens with zero attached hydrogens (tertiary/aromatic N) is 3. The Morgan fingerprint density at radius 2 is 1.71 bits per heavy atom. The van der Waals surface area contributed by atoms with Crippen molar-refractivity contribution in [3.8, 4) is 0 Å². The highest BCUT2D eigenvalue weighted by Gasteiger charge is 2.13. The SMILES string of the molecule is CC(NC(=O)CCn1nnc2ccccc2c1=O)c1cccc2ccccc12. The molecule has 3 aromatic carbocycles. The number of aromatic nitrogens is 3. The molecule has 6 heteroatoms. The Labute approximate surface area is 161 Å². The first kappa shape index (κ1) is 17.9. The maximum atomic E-state index is 12.5. The fraction of sp³-hybridized carbons (Fsp3) is 0.182. The van der Waals surface area contributed by atoms with E-state index in [9.17, 15) is 9.59 Å². The zero-order valence-electron chi connectivity index (χ0n) is 15.5. The van der Waals surface area contributed by atoms with E-state index in [1.165, 1.54) is 4.68 Å². The molecule has 0 fully saturated rings. The molecule has 0 aliphatic carbocycles. The summed E-state index contributed by atoms with van der Waals surface area (Å²) in [5, 5.41) is 13.7. The molecule has 1 atom stereocenters. The predicted molar refractivity (Wildman–Crippen MR) is 109 cm³/mol. The lowest BCUT2D eigenvalue weighted by molar-refractivity contribution is -0.122. The second kappa shape index (κ2) is 7.60. The second-order valence-electron chi connectivity index (χ2n) is 6.74. The van der Waals surface area contributed by atoms with Crippen LogP contribution in [0.2, 0.25) is 0 Å². The Hall–Kier alpha value is -3.54. The van der Waals surface area contributed by atoms with E-state index >= 15 is 0 Å². The van der Waals surface area contributed by atoms with Crippen LogP contribution >= 0.6 is 0 Å². The first-order chi connectivity index (χ1) is 13.6. The molecule has 28 heavy (non-hydrogen) atoms. The highest BCUT2D eigenvalue weighted by Crippen LogP contribution is 2.24. The van der Waals surface area contributed by atoms with Crippen molar-refractivity contribution in [3.63, 3.8) is 0 Å². The molecule has 1 unspecified atom stereocenters. The number of hydrogen-bond acceptors (Lipinski definition) is 4. The van der Waals surface area contributed by atoms with Crippen molar-refractivity contribution in [1.29, 1.82) is 0 Å². The van der Waals surface area contributed by atoms with Crippen LogP contribution in [-0.2, 0) is 11.3 Å². The molecular weight excluding hydrogens is 352 g/mol. The molecule has 140 valence electrons. The largest absolute Gasteiger partial charge is 0.350 e. The van der Waals surface area contributed by atoms with Crippen molar-refractivity contribution in [2.24, 2.45) is 0 Å². The van der Waals surface area contributed by atoms with Crippen LogP contribution in [0, 0.1) is 0 Å². The van der Waals surface area contributed by atoms with Crippen molar-refractivity contribution >= 4 is 27.6 Å². The normalized spacial score (nSPS) is 12.2. The summed E-state index contributed by atoms with van der Waals surface area (Å²) in [4.78, 5) is 24.9. The summed E-state index contributed by atoms with van der Waals surface area (Å²) in [5.41, 5.74) is 1.38. The van der Waals surface area contributed by atoms with Crippen LogP contribution in [0.3, 0.4) is 0 Å². The van der Waals surface area contributed by atoms with Crippen LogP contribution in [0.5, 0.6) is 0 Å². The van der Waals surface area contributed by atoms with Gasteiger partial charge < -0.3 is 5.32 Å². The fourth-order valence-corrected chi connectivity index (χ4v) is 3.40. The average Bonchev–Trinajstić information content (AvgIpc) is 2.73. The first-order valence-corrected chi connectivity index (χ1v) is 9.23. The topological polar surface area (TPSA) is 76.9 Å². The molecule has 1 amide bonds. The lowest BCUT2D eigenvalue weighted by Crippen LogP contribution is -2.30. The Morgan fingerprint density at radius 1 is 1.00 bits per heavy atom. The zero-order valence-corrected chi connectivity index (χ0v) is 15.5. The summed E-state index contributed by atoms with van der Waals surface area (Å²) in [6.45, 7) is 2.15. The van der Waals surface area contributed by atoms with E-state index < -0.39 is 0 Å². The molecule has 1 aromatic heterocycles. The molecule has 0 radical (unpaired) electrons. The van der Waals surface area contributed by atoms with Gasteiger partial charge in [0.1, 0.15) is 5.52 Å². The van der Waals surface area contributed by atoms with E-state index in [0.29, 0.717) is 10.9 Å². The maximum Gasteiger partial charge on any atom is 0.277 e. The lowest BCUT2D eigenvalue weighted by Gasteiger charge is -2.16. The van der Waals surface area contributed by atoms with E-state index in [1.54, 1.807) is 18.2 Å². The van der Waals surface area contributed by atoms with Gasteiger partial charge in [0.05, 0.1) is 18.0 Å². The average molecular weight is 372 g/mol. The van der Waals surface area contributed by atoms with Crippen molar-refractivity contribution in [2.45, 2.75) is 25.9 Å². The second-order valence-corrected chi connectivity index (χ2v) is 6.74. The van der Waals surface area contributed by atoms with Gasteiger partial charge in [-0.05, 0) is 35.4 Å². The van der Waals surface area contributed by atoms with Gasteiger partial charge in [-0.2, -0.15) is 0 Å². The Morgan fingerprint density at radius 3 is 2.57 bits per heavy atom. The van der Waals surface area contributed by atoms with Crippen LogP contribution < -0.4 is 10.9 Å². The highest BCUT2D eigenvalue weighted by molar-refractivity contribution is 5.87. The lowest BCUT2D eigenvalue weighted by atomic mass is 9.99. The molecule has 0 aliphatic heterocycles. The summed E-state index contributed by atoms with van der Waals surface area (Å²) >= 11 is 0. The minimum Gasteiger partial charge on any atom is -0.350 e. The van der Waals surface area contributed by atoms with Crippen LogP contribution in [0.1, 0.15) is 24.9 Å². The summed E-state index contributed by atoms with van der Waals surface area (Å²) in [7, 11) is 0. The van der Waals surface area contributed by atoms with Crippen molar-refractivity contribution < 1.29 is 4.79 Å². The Kier molecular flexibility index (Phi) is 4.85. The van der Waals surface area contributed by atoms with E-state index in [1.807, 2.05) is 37.3 Å². The molecule has 0 spiro atoms. The monoisotopic (exact) mass is 372 g/mol. The Bertz CT molecular complexity index is 1210. The van der Waals surface area contributed by atoms with E-state index in [2.05, 4.69) is 33.8 Å². The number of fused-ring (bicyclic) bond motifs is 2. The molecule has 0 saturated carbocycles. The maximum absolute atomic E-state index is 12.5. The number of carbonyl (C=O) groups is 1. The molecule has 0 saturated heterocycles. The van der Waals surface area contributed by atoms with Crippen molar-refractivity contribution in [3.05, 3.63) is 82.6 Å². The van der Waals surface area contributed by atoms with Crippen LogP contribution in [0.4, 0.5) is 0 Å². The molecule has 0 bridgehead atoms. The van der Waals surface area contributed by atoms with Crippen molar-refractivity contribution in [1.82, 2.24) is 20.3 Å². The van der Waals surface area contributed by atoms with Gasteiger partial charge >= 0.3 is 0 Å². The third kappa shape index (κ3) is 3.49. The first-order valence-electron chi connectivity index (χ1n) is 9.23. The minimum atomic E-state index is -0.236. The van der Waals surface area contributed by atoms with Gasteiger partial charge in [-0.3, -0.25) is 9.59 Å². The highest BCUT2D eigenvalue weighted by atomic mass is 16.2. The third-order valence-corrected chi connectivity index (χ3v) is 4.85. The van der Waals surface area contributed by atoms with Crippen molar-refractivity contribution in [2.75, 3.05) is 0 Å². The van der Waals surface area contributed by atoms with E-state index in [-0.39, 0.29) is 30.5 Å². The third-order valence-electron chi connectivity index (χ3n) is 4.85. The molecule has 4 rings (SSSR count). The molecular formula is C22H20N4O2. The minimum absolute atomic E-state index is 0.137. The summed E-state index contributed by atoms with van der Waals surface area (Å²) < 4.78 is 1.24. The van der Waals surface area contributed by atoms with Crippen LogP contribution in [0.15, 0.2) is 71.5 Å².